The summed E-state index contributed by atoms with van der Waals surface area (Å²) < 4.78 is 0. The van der Waals surface area contributed by atoms with E-state index in [0.29, 0.717) is 33.0 Å². The van der Waals surface area contributed by atoms with Crippen molar-refractivity contribution in [3.63, 3.8) is 0 Å². The van der Waals surface area contributed by atoms with E-state index in [1.54, 1.807) is 91.4 Å². The standard InChI is InChI=1S/C19H13ClN2O2.C8H8O2/c20-16-6-2-1-4-14(16)19(24)15-5-3-9-22-17(15)12-18(23)13-7-10-21-11-8-13;1-6-2-4-7(5-3-6)8(9)10/h1-12,23H;2-5H,1H3,(H,9,10)/b18-12+;. The number of halogens is 1. The van der Waals surface area contributed by atoms with Crippen LogP contribution in [0.3, 0.4) is 0 Å². The number of hydrogen-bond acceptors (Lipinski definition) is 5. The van der Waals surface area contributed by atoms with Gasteiger partial charge in [-0.15, -0.1) is 0 Å². The lowest BCUT2D eigenvalue weighted by Gasteiger charge is -2.07. The first-order valence-corrected chi connectivity index (χ1v) is 10.6. The molecule has 0 aliphatic rings. The minimum atomic E-state index is -0.875. The van der Waals surface area contributed by atoms with Gasteiger partial charge in [-0.1, -0.05) is 41.4 Å². The number of aryl methyl sites for hydroxylation is 1. The van der Waals surface area contributed by atoms with E-state index in [9.17, 15) is 14.7 Å². The van der Waals surface area contributed by atoms with Gasteiger partial charge in [0.15, 0.2) is 5.78 Å². The third-order valence-electron chi connectivity index (χ3n) is 4.75. The van der Waals surface area contributed by atoms with Gasteiger partial charge in [0.05, 0.1) is 16.3 Å². The molecule has 0 saturated heterocycles. The normalized spacial score (nSPS) is 10.7. The second-order valence-corrected chi connectivity index (χ2v) is 7.59. The molecule has 0 aliphatic heterocycles. The molecule has 4 aromatic rings. The number of nitrogens with zero attached hydrogens (tertiary/aromatic N) is 2. The number of hydrogen-bond donors (Lipinski definition) is 2. The Morgan fingerprint density at radius 1 is 0.794 bits per heavy atom. The highest BCUT2D eigenvalue weighted by Crippen LogP contribution is 2.22. The molecular formula is C27H21ClN2O4. The second-order valence-electron chi connectivity index (χ2n) is 7.18. The number of carboxylic acids is 1. The van der Waals surface area contributed by atoms with Crippen molar-refractivity contribution in [2.24, 2.45) is 0 Å². The van der Waals surface area contributed by atoms with Crippen molar-refractivity contribution in [2.75, 3.05) is 0 Å². The summed E-state index contributed by atoms with van der Waals surface area (Å²) in [5, 5.41) is 19.1. The monoisotopic (exact) mass is 472 g/mol. The van der Waals surface area contributed by atoms with Crippen LogP contribution in [0.25, 0.3) is 11.8 Å². The molecule has 34 heavy (non-hydrogen) atoms. The zero-order chi connectivity index (χ0) is 24.5. The van der Waals surface area contributed by atoms with E-state index in [-0.39, 0.29) is 11.5 Å². The van der Waals surface area contributed by atoms with Gasteiger partial charge in [-0.3, -0.25) is 14.8 Å². The van der Waals surface area contributed by atoms with Crippen LogP contribution < -0.4 is 0 Å². The van der Waals surface area contributed by atoms with Crippen LogP contribution in [0.1, 0.15) is 43.1 Å². The maximum absolute atomic E-state index is 12.8. The van der Waals surface area contributed by atoms with Crippen molar-refractivity contribution in [1.29, 1.82) is 0 Å². The van der Waals surface area contributed by atoms with Gasteiger partial charge < -0.3 is 10.2 Å². The minimum Gasteiger partial charge on any atom is -0.507 e. The van der Waals surface area contributed by atoms with Crippen LogP contribution in [0.5, 0.6) is 0 Å². The Bertz CT molecular complexity index is 1320. The molecule has 0 amide bonds. The summed E-state index contributed by atoms with van der Waals surface area (Å²) in [6.07, 6.45) is 6.18. The Balaban J connectivity index is 0.000000271. The highest BCUT2D eigenvalue weighted by atomic mass is 35.5. The van der Waals surface area contributed by atoms with Crippen LogP contribution in [0.4, 0.5) is 0 Å². The minimum absolute atomic E-state index is 0.00399. The van der Waals surface area contributed by atoms with Crippen LogP contribution in [-0.2, 0) is 0 Å². The smallest absolute Gasteiger partial charge is 0.335 e. The van der Waals surface area contributed by atoms with Crippen molar-refractivity contribution in [3.05, 3.63) is 130 Å². The average molecular weight is 473 g/mol. The summed E-state index contributed by atoms with van der Waals surface area (Å²) >= 11 is 6.11. The van der Waals surface area contributed by atoms with Crippen LogP contribution in [0, 0.1) is 6.92 Å². The van der Waals surface area contributed by atoms with E-state index in [2.05, 4.69) is 9.97 Å². The second kappa shape index (κ2) is 11.5. The van der Waals surface area contributed by atoms with E-state index in [0.717, 1.165) is 5.56 Å². The Kier molecular flexibility index (Phi) is 8.26. The Labute approximate surface area is 201 Å². The van der Waals surface area contributed by atoms with Crippen molar-refractivity contribution >= 4 is 35.2 Å². The Morgan fingerprint density at radius 2 is 1.44 bits per heavy atom. The fourth-order valence-electron chi connectivity index (χ4n) is 2.95. The molecule has 2 aromatic carbocycles. The van der Waals surface area contributed by atoms with E-state index in [4.69, 9.17) is 16.7 Å². The van der Waals surface area contributed by atoms with Crippen LogP contribution in [0.15, 0.2) is 91.4 Å². The number of aromatic nitrogens is 2. The molecule has 170 valence electrons. The van der Waals surface area contributed by atoms with Gasteiger partial charge in [-0.25, -0.2) is 4.79 Å². The maximum atomic E-state index is 12.8. The van der Waals surface area contributed by atoms with Gasteiger partial charge in [-0.05, 0) is 55.5 Å². The zero-order valence-electron chi connectivity index (χ0n) is 18.2. The van der Waals surface area contributed by atoms with Crippen molar-refractivity contribution < 1.29 is 19.8 Å². The van der Waals surface area contributed by atoms with Crippen LogP contribution in [0.2, 0.25) is 5.02 Å². The predicted molar refractivity (Wildman–Crippen MR) is 132 cm³/mol. The summed E-state index contributed by atoms with van der Waals surface area (Å²) in [7, 11) is 0. The van der Waals surface area contributed by atoms with Gasteiger partial charge in [0.25, 0.3) is 0 Å². The number of aliphatic hydroxyl groups excluding tert-OH is 1. The average Bonchev–Trinajstić information content (AvgIpc) is 2.85. The topological polar surface area (TPSA) is 100 Å². The molecule has 0 fully saturated rings. The lowest BCUT2D eigenvalue weighted by atomic mass is 10.0. The number of carbonyl (C=O) groups is 2. The van der Waals surface area contributed by atoms with Crippen LogP contribution >= 0.6 is 11.6 Å². The van der Waals surface area contributed by atoms with E-state index < -0.39 is 5.97 Å². The number of pyridine rings is 2. The molecule has 7 heteroatoms. The molecule has 2 heterocycles. The van der Waals surface area contributed by atoms with Crippen molar-refractivity contribution in [2.45, 2.75) is 6.92 Å². The van der Waals surface area contributed by atoms with Crippen molar-refractivity contribution in [3.8, 4) is 0 Å². The summed E-state index contributed by atoms with van der Waals surface area (Å²) in [5.74, 6) is -1.12. The van der Waals surface area contributed by atoms with Crippen molar-refractivity contribution in [1.82, 2.24) is 9.97 Å². The first-order chi connectivity index (χ1) is 16.4. The van der Waals surface area contributed by atoms with Gasteiger partial charge in [0.2, 0.25) is 0 Å². The molecule has 0 unspecified atom stereocenters. The molecule has 0 bridgehead atoms. The molecule has 2 aromatic heterocycles. The number of carboxylic acid groups (broad SMARTS) is 1. The van der Waals surface area contributed by atoms with E-state index in [1.807, 2.05) is 6.92 Å². The number of aliphatic hydroxyl groups is 1. The molecule has 0 aliphatic carbocycles. The quantitative estimate of drug-likeness (QED) is 0.268. The predicted octanol–water partition coefficient (Wildman–Crippen LogP) is 6.11. The highest BCUT2D eigenvalue weighted by molar-refractivity contribution is 6.35. The van der Waals surface area contributed by atoms with Gasteiger partial charge in [-0.2, -0.15) is 0 Å². The van der Waals surface area contributed by atoms with Gasteiger partial charge in [0, 0.05) is 41.4 Å². The lowest BCUT2D eigenvalue weighted by Crippen LogP contribution is -2.05. The number of ketones is 1. The summed E-state index contributed by atoms with van der Waals surface area (Å²) in [4.78, 5) is 31.2. The first kappa shape index (κ1) is 24.4. The molecule has 6 nitrogen and oxygen atoms in total. The molecule has 0 saturated carbocycles. The SMILES string of the molecule is Cc1ccc(C(=O)O)cc1.O=C(c1ccccc1Cl)c1cccnc1/C=C(/O)c1ccncc1. The Hall–Kier alpha value is -4.29. The molecule has 4 rings (SSSR count). The summed E-state index contributed by atoms with van der Waals surface area (Å²) in [6.45, 7) is 1.92. The fraction of sp³-hybridized carbons (Fsp3) is 0.0370. The molecule has 0 atom stereocenters. The van der Waals surface area contributed by atoms with E-state index in [1.165, 1.54) is 6.08 Å². The lowest BCUT2D eigenvalue weighted by molar-refractivity contribution is 0.0696. The molecule has 2 N–H and O–H groups in total. The van der Waals surface area contributed by atoms with E-state index >= 15 is 0 Å². The molecular weight excluding hydrogens is 452 g/mol. The zero-order valence-corrected chi connectivity index (χ0v) is 19.0. The summed E-state index contributed by atoms with van der Waals surface area (Å²) in [6, 6.07) is 20.3. The van der Waals surface area contributed by atoms with Crippen LogP contribution in [-0.4, -0.2) is 31.9 Å². The first-order valence-electron chi connectivity index (χ1n) is 10.2. The largest absolute Gasteiger partial charge is 0.507 e. The fourth-order valence-corrected chi connectivity index (χ4v) is 3.17. The maximum Gasteiger partial charge on any atom is 0.335 e. The Morgan fingerprint density at radius 3 is 2.09 bits per heavy atom. The number of benzene rings is 2. The molecule has 0 radical (unpaired) electrons. The number of rotatable bonds is 5. The summed E-state index contributed by atoms with van der Waals surface area (Å²) in [5.41, 5.74) is 3.13. The third kappa shape index (κ3) is 6.37. The number of aromatic carboxylic acids is 1. The third-order valence-corrected chi connectivity index (χ3v) is 5.08. The molecule has 0 spiro atoms. The van der Waals surface area contributed by atoms with Gasteiger partial charge >= 0.3 is 5.97 Å². The number of carbonyl (C=O) groups excluding carboxylic acids is 1. The highest BCUT2D eigenvalue weighted by Gasteiger charge is 2.16. The van der Waals surface area contributed by atoms with Gasteiger partial charge in [0.1, 0.15) is 5.76 Å².